The van der Waals surface area contributed by atoms with Crippen LogP contribution in [0.3, 0.4) is 0 Å². The molecule has 0 rings (SSSR count). The summed E-state index contributed by atoms with van der Waals surface area (Å²) in [4.78, 5) is 0. The van der Waals surface area contributed by atoms with Gasteiger partial charge in [0.25, 0.3) is 0 Å². The van der Waals surface area contributed by atoms with Crippen LogP contribution in [0, 0.1) is 0 Å². The van der Waals surface area contributed by atoms with E-state index in [-0.39, 0.29) is 22.9 Å². The van der Waals surface area contributed by atoms with Crippen LogP contribution in [0.15, 0.2) is 0 Å². The maximum atomic E-state index is 8.06. The molecule has 0 aliphatic rings. The van der Waals surface area contributed by atoms with Crippen molar-refractivity contribution in [2.75, 3.05) is 0 Å². The Hall–Kier alpha value is 0.466. The number of rotatable bonds is 0. The summed E-state index contributed by atoms with van der Waals surface area (Å²) < 4.78 is 0. The van der Waals surface area contributed by atoms with Gasteiger partial charge in [-0.1, -0.05) is 0 Å². The fourth-order valence-electron chi connectivity index (χ4n) is 0. The minimum absolute atomic E-state index is 0. The third kappa shape index (κ3) is 125. The second-order valence-corrected chi connectivity index (χ2v) is 1.09. The topological polar surface area (TPSA) is 20.2 Å². The maximum Gasteiger partial charge on any atom is 0.0483 e. The molecule has 0 aromatic heterocycles. The van der Waals surface area contributed by atoms with E-state index in [1.54, 1.807) is 13.8 Å². The first kappa shape index (κ1) is 9.08. The van der Waals surface area contributed by atoms with E-state index in [1.165, 1.54) is 0 Å². The molecule has 0 atom stereocenters. The van der Waals surface area contributed by atoms with Gasteiger partial charge in [-0.25, -0.2) is 0 Å². The molecule has 5 heavy (non-hydrogen) atoms. The second-order valence-electron chi connectivity index (χ2n) is 1.09. The van der Waals surface area contributed by atoms with Crippen LogP contribution in [-0.4, -0.2) is 11.2 Å². The monoisotopic (exact) mass is 119 g/mol. The van der Waals surface area contributed by atoms with Crippen LogP contribution in [0.5, 0.6) is 0 Å². The molecule has 0 saturated carbocycles. The molecule has 2 heteroatoms. The van der Waals surface area contributed by atoms with E-state index in [0.29, 0.717) is 0 Å². The average Bonchev–Trinajstić information content (AvgIpc) is 0.811. The first-order valence-corrected chi connectivity index (χ1v) is 1.41. The molecule has 0 spiro atoms. The summed E-state index contributed by atoms with van der Waals surface area (Å²) in [5.41, 5.74) is 0. The molecule has 0 heterocycles. The Kier molecular flexibility index (Phi) is 8.11. The Morgan fingerprint density at radius 2 is 1.40 bits per heavy atom. The smallest absolute Gasteiger partial charge is 0.0483 e. The summed E-state index contributed by atoms with van der Waals surface area (Å²) in [7, 11) is 0. The van der Waals surface area contributed by atoms with Gasteiger partial charge in [-0.3, -0.25) is 0 Å². The Labute approximate surface area is 42.6 Å². The molecule has 0 aromatic rings. The van der Waals surface area contributed by atoms with Crippen LogP contribution in [0.4, 0.5) is 0 Å². The first-order chi connectivity index (χ1) is 1.73. The van der Waals surface area contributed by atoms with E-state index < -0.39 is 0 Å². The molecule has 0 aliphatic heterocycles. The summed E-state index contributed by atoms with van der Waals surface area (Å²) in [5, 5.41) is 8.06. The largest absolute Gasteiger partial charge is 0.394 e. The van der Waals surface area contributed by atoms with Crippen LogP contribution < -0.4 is 0 Å². The van der Waals surface area contributed by atoms with Gasteiger partial charge in [0.1, 0.15) is 0 Å². The van der Waals surface area contributed by atoms with Crippen molar-refractivity contribution in [1.82, 2.24) is 0 Å². The molecule has 0 amide bonds. The van der Waals surface area contributed by atoms with Gasteiger partial charge in [0.15, 0.2) is 0 Å². The summed E-state index contributed by atoms with van der Waals surface area (Å²) in [5.74, 6) is 0. The molecule has 0 fully saturated rings. The van der Waals surface area contributed by atoms with Crippen molar-refractivity contribution >= 4 is 0 Å². The van der Waals surface area contributed by atoms with Gasteiger partial charge in [0, 0.05) is 22.9 Å². The molecule has 0 aliphatic carbocycles. The molecule has 35 valence electrons. The van der Waals surface area contributed by atoms with Gasteiger partial charge < -0.3 is 5.11 Å². The fourth-order valence-corrected chi connectivity index (χ4v) is 0. The quantitative estimate of drug-likeness (QED) is 0.488. The van der Waals surface area contributed by atoms with Crippen LogP contribution in [-0.2, 0) is 16.8 Å². The Morgan fingerprint density at radius 1 is 1.40 bits per heavy atom. The number of hydrogen-bond acceptors (Lipinski definition) is 1. The molecular weight excluding hydrogens is 111 g/mol. The van der Waals surface area contributed by atoms with E-state index in [4.69, 9.17) is 5.11 Å². The van der Waals surface area contributed by atoms with E-state index in [2.05, 4.69) is 0 Å². The molecule has 1 N–H and O–H groups in total. The fraction of sp³-hybridized carbons (Fsp3) is 1.00. The van der Waals surface area contributed by atoms with Gasteiger partial charge in [0.05, 0.1) is 0 Å². The molecule has 0 unspecified atom stereocenters. The van der Waals surface area contributed by atoms with Crippen molar-refractivity contribution < 1.29 is 21.9 Å². The third-order valence-corrected chi connectivity index (χ3v) is 0. The van der Waals surface area contributed by atoms with Crippen LogP contribution >= 0.6 is 0 Å². The zero-order valence-corrected chi connectivity index (χ0v) is 4.40. The van der Waals surface area contributed by atoms with E-state index in [0.717, 1.165) is 0 Å². The SMILES string of the molecule is CC(C)O.[Co]. The average molecular weight is 119 g/mol. The number of aliphatic hydroxyl groups is 1. The summed E-state index contributed by atoms with van der Waals surface area (Å²) in [6, 6.07) is 0. The zero-order valence-electron chi connectivity index (χ0n) is 3.36. The maximum absolute atomic E-state index is 8.06. The summed E-state index contributed by atoms with van der Waals surface area (Å²) >= 11 is 0. The van der Waals surface area contributed by atoms with Crippen LogP contribution in [0.2, 0.25) is 0 Å². The predicted octanol–water partition coefficient (Wildman–Crippen LogP) is 0.385. The number of hydrogen-bond donors (Lipinski definition) is 1. The molecule has 0 saturated heterocycles. The van der Waals surface area contributed by atoms with E-state index >= 15 is 0 Å². The Morgan fingerprint density at radius 3 is 1.40 bits per heavy atom. The molecule has 1 radical (unpaired) electrons. The molecule has 0 aromatic carbocycles. The van der Waals surface area contributed by atoms with Crippen molar-refractivity contribution in [2.45, 2.75) is 20.0 Å². The van der Waals surface area contributed by atoms with Gasteiger partial charge >= 0.3 is 0 Å². The second kappa shape index (κ2) is 4.47. The molecule has 1 nitrogen and oxygen atoms in total. The van der Waals surface area contributed by atoms with Gasteiger partial charge in [0.2, 0.25) is 0 Å². The minimum atomic E-state index is -0.167. The number of aliphatic hydroxyl groups excluding tert-OH is 1. The van der Waals surface area contributed by atoms with Crippen LogP contribution in [0.1, 0.15) is 13.8 Å². The van der Waals surface area contributed by atoms with Crippen molar-refractivity contribution in [3.05, 3.63) is 0 Å². The Bertz CT molecular complexity index is 11.6. The minimum Gasteiger partial charge on any atom is -0.394 e. The zero-order chi connectivity index (χ0) is 3.58. The first-order valence-electron chi connectivity index (χ1n) is 1.41. The van der Waals surface area contributed by atoms with Gasteiger partial charge in [-0.15, -0.1) is 0 Å². The van der Waals surface area contributed by atoms with E-state index in [1.807, 2.05) is 0 Å². The van der Waals surface area contributed by atoms with Gasteiger partial charge in [-0.05, 0) is 13.8 Å². The normalized spacial score (nSPS) is 7.20. The summed E-state index contributed by atoms with van der Waals surface area (Å²) in [6.45, 7) is 3.44. The van der Waals surface area contributed by atoms with Crippen LogP contribution in [0.25, 0.3) is 0 Å². The molecule has 0 bridgehead atoms. The van der Waals surface area contributed by atoms with Gasteiger partial charge in [-0.2, -0.15) is 0 Å². The predicted molar refractivity (Wildman–Crippen MR) is 17.4 cm³/mol. The van der Waals surface area contributed by atoms with Crippen molar-refractivity contribution in [3.8, 4) is 0 Å². The van der Waals surface area contributed by atoms with E-state index in [9.17, 15) is 0 Å². The third-order valence-electron chi connectivity index (χ3n) is 0. The van der Waals surface area contributed by atoms with Crippen molar-refractivity contribution in [3.63, 3.8) is 0 Å². The standard InChI is InChI=1S/C3H8O.Co/c1-3(2)4;/h3-4H,1-2H3;. The Balaban J connectivity index is 0. The van der Waals surface area contributed by atoms with Crippen molar-refractivity contribution in [1.29, 1.82) is 0 Å². The van der Waals surface area contributed by atoms with Crippen molar-refractivity contribution in [2.24, 2.45) is 0 Å². The summed E-state index contributed by atoms with van der Waals surface area (Å²) in [6.07, 6.45) is -0.167. The molecular formula is C3H8CoO.